The summed E-state index contributed by atoms with van der Waals surface area (Å²) < 4.78 is 31.0. The summed E-state index contributed by atoms with van der Waals surface area (Å²) >= 11 is 0. The van der Waals surface area contributed by atoms with Gasteiger partial charge in [0.15, 0.2) is 5.78 Å². The highest BCUT2D eigenvalue weighted by Gasteiger charge is 2.23. The number of carbonyl (C=O) groups excluding carboxylic acids is 2. The molecule has 0 radical (unpaired) electrons. The van der Waals surface area contributed by atoms with Gasteiger partial charge in [-0.3, -0.25) is 14.1 Å². The van der Waals surface area contributed by atoms with Crippen molar-refractivity contribution in [2.45, 2.75) is 17.9 Å². The lowest BCUT2D eigenvalue weighted by Gasteiger charge is -2.09. The Morgan fingerprint density at radius 2 is 1.89 bits per heavy atom. The lowest BCUT2D eigenvalue weighted by atomic mass is 10.2. The molecule has 0 bridgehead atoms. The molecule has 10 nitrogen and oxygen atoms in total. The van der Waals surface area contributed by atoms with Gasteiger partial charge >= 0.3 is 0 Å². The molecule has 0 saturated heterocycles. The minimum absolute atomic E-state index is 0.234. The molecule has 3 rings (SSSR count). The van der Waals surface area contributed by atoms with Crippen molar-refractivity contribution in [3.8, 4) is 0 Å². The Labute approximate surface area is 159 Å². The van der Waals surface area contributed by atoms with E-state index in [1.807, 2.05) is 0 Å². The van der Waals surface area contributed by atoms with Gasteiger partial charge in [-0.1, -0.05) is 0 Å². The van der Waals surface area contributed by atoms with Crippen molar-refractivity contribution in [1.82, 2.24) is 9.97 Å². The molecule has 1 aromatic heterocycles. The Hall–Kier alpha value is -3.44. The fourth-order valence-electron chi connectivity index (χ4n) is 2.35. The number of nitrogens with zero attached hydrogens (tertiary/aromatic N) is 3. The van der Waals surface area contributed by atoms with Crippen LogP contribution in [0.4, 0.5) is 11.4 Å². The molecule has 3 N–H and O–H groups in total. The number of aromatic amines is 1. The largest absolute Gasteiger partial charge is 0.345 e. The first-order chi connectivity index (χ1) is 13.2. The number of ketones is 1. The van der Waals surface area contributed by atoms with Crippen LogP contribution in [-0.2, 0) is 19.7 Å². The van der Waals surface area contributed by atoms with Gasteiger partial charge in [-0.2, -0.15) is 18.6 Å². The van der Waals surface area contributed by atoms with Crippen molar-refractivity contribution in [2.75, 3.05) is 5.32 Å². The molecule has 0 aliphatic carbocycles. The summed E-state index contributed by atoms with van der Waals surface area (Å²) in [5, 5.41) is 10.2. The number of hydrogen-bond acceptors (Lipinski definition) is 7. The first-order valence-electron chi connectivity index (χ1n) is 7.97. The summed E-state index contributed by atoms with van der Waals surface area (Å²) in [6.07, 6.45) is 1.53. The molecule has 11 heteroatoms. The number of azo groups is 1. The van der Waals surface area contributed by atoms with E-state index in [9.17, 15) is 18.0 Å². The van der Waals surface area contributed by atoms with E-state index in [2.05, 4.69) is 25.5 Å². The third kappa shape index (κ3) is 4.45. The van der Waals surface area contributed by atoms with Crippen LogP contribution in [0.5, 0.6) is 0 Å². The molecule has 0 fully saturated rings. The average Bonchev–Trinajstić information content (AvgIpc) is 3.09. The van der Waals surface area contributed by atoms with Gasteiger partial charge in [-0.05, 0) is 49.4 Å². The zero-order valence-corrected chi connectivity index (χ0v) is 15.3. The summed E-state index contributed by atoms with van der Waals surface area (Å²) in [5.74, 6) is -1.24. The second kappa shape index (κ2) is 7.66. The molecule has 1 atom stereocenters. The Bertz CT molecular complexity index is 1170. The van der Waals surface area contributed by atoms with Crippen molar-refractivity contribution in [1.29, 1.82) is 0 Å². The number of fused-ring (bicyclic) bond motifs is 1. The highest BCUT2D eigenvalue weighted by Crippen LogP contribution is 2.20. The molecule has 1 unspecified atom stereocenters. The number of imidazole rings is 1. The number of hydrogen-bond donors (Lipinski definition) is 3. The Morgan fingerprint density at radius 3 is 2.54 bits per heavy atom. The van der Waals surface area contributed by atoms with Crippen molar-refractivity contribution in [3.63, 3.8) is 0 Å². The molecule has 1 amide bonds. The molecule has 0 aliphatic heterocycles. The van der Waals surface area contributed by atoms with Crippen LogP contribution >= 0.6 is 0 Å². The highest BCUT2D eigenvalue weighted by atomic mass is 32.2. The van der Waals surface area contributed by atoms with E-state index in [4.69, 9.17) is 4.55 Å². The van der Waals surface area contributed by atoms with Gasteiger partial charge < -0.3 is 10.3 Å². The molecule has 3 aromatic rings. The Kier molecular flexibility index (Phi) is 5.29. The second-order valence-corrected chi connectivity index (χ2v) is 7.24. The summed E-state index contributed by atoms with van der Waals surface area (Å²) in [6, 6.07) is 8.47. The SMILES string of the molecule is CC(=O)C(N=Nc1ccc2nc[nH]c2c1)C(=O)Nc1ccc(S(=O)(=O)O)cc1. The predicted octanol–water partition coefficient (Wildman–Crippen LogP) is 2.49. The van der Waals surface area contributed by atoms with Crippen LogP contribution in [0, 0.1) is 0 Å². The fraction of sp³-hybridized carbons (Fsp3) is 0.118. The maximum atomic E-state index is 12.4. The van der Waals surface area contributed by atoms with E-state index in [-0.39, 0.29) is 10.6 Å². The third-order valence-corrected chi connectivity index (χ3v) is 4.61. The molecule has 0 saturated carbocycles. The van der Waals surface area contributed by atoms with Crippen molar-refractivity contribution in [2.24, 2.45) is 10.2 Å². The van der Waals surface area contributed by atoms with Crippen LogP contribution in [0.15, 0.2) is 63.9 Å². The van der Waals surface area contributed by atoms with Crippen LogP contribution in [0.1, 0.15) is 6.92 Å². The number of anilines is 1. The molecule has 0 aliphatic rings. The zero-order valence-electron chi connectivity index (χ0n) is 14.5. The lowest BCUT2D eigenvalue weighted by Crippen LogP contribution is -2.31. The number of H-pyrrole nitrogens is 1. The number of rotatable bonds is 6. The molecular weight excluding hydrogens is 386 g/mol. The number of amides is 1. The summed E-state index contributed by atoms with van der Waals surface area (Å²) in [6.45, 7) is 1.21. The standard InChI is InChI=1S/C17H15N5O5S/c1-10(23)16(22-21-12-4-7-14-15(8-12)19-9-18-14)17(24)20-11-2-5-13(6-3-11)28(25,26)27/h2-9,16H,1H3,(H,18,19)(H,20,24)(H,25,26,27). The number of benzene rings is 2. The molecule has 144 valence electrons. The zero-order chi connectivity index (χ0) is 20.3. The first kappa shape index (κ1) is 19.3. The minimum Gasteiger partial charge on any atom is -0.345 e. The van der Waals surface area contributed by atoms with E-state index >= 15 is 0 Å². The van der Waals surface area contributed by atoms with Crippen LogP contribution in [0.25, 0.3) is 11.0 Å². The van der Waals surface area contributed by atoms with Crippen molar-refractivity contribution >= 4 is 44.2 Å². The van der Waals surface area contributed by atoms with Crippen LogP contribution in [-0.4, -0.2) is 40.7 Å². The second-order valence-electron chi connectivity index (χ2n) is 5.82. The maximum Gasteiger partial charge on any atom is 0.294 e. The molecule has 28 heavy (non-hydrogen) atoms. The van der Waals surface area contributed by atoms with E-state index < -0.39 is 27.9 Å². The number of aromatic nitrogens is 2. The van der Waals surface area contributed by atoms with Gasteiger partial charge in [0, 0.05) is 5.69 Å². The molecule has 1 heterocycles. The molecular formula is C17H15N5O5S. The quantitative estimate of drug-likeness (QED) is 0.327. The number of nitrogens with one attached hydrogen (secondary N) is 2. The minimum atomic E-state index is -4.34. The van der Waals surface area contributed by atoms with Gasteiger partial charge in [0.1, 0.15) is 0 Å². The highest BCUT2D eigenvalue weighted by molar-refractivity contribution is 7.85. The molecule has 2 aromatic carbocycles. The van der Waals surface area contributed by atoms with E-state index in [0.717, 1.165) is 23.2 Å². The predicted molar refractivity (Wildman–Crippen MR) is 100.0 cm³/mol. The first-order valence-corrected chi connectivity index (χ1v) is 9.41. The van der Waals surface area contributed by atoms with Crippen LogP contribution in [0.3, 0.4) is 0 Å². The van der Waals surface area contributed by atoms with E-state index in [1.54, 1.807) is 18.2 Å². The van der Waals surface area contributed by atoms with E-state index in [1.165, 1.54) is 25.4 Å². The number of carbonyl (C=O) groups is 2. The van der Waals surface area contributed by atoms with Gasteiger partial charge in [0.2, 0.25) is 6.04 Å². The summed E-state index contributed by atoms with van der Waals surface area (Å²) in [4.78, 5) is 30.9. The topological polar surface area (TPSA) is 154 Å². The Balaban J connectivity index is 1.75. The Morgan fingerprint density at radius 1 is 1.18 bits per heavy atom. The van der Waals surface area contributed by atoms with Gasteiger partial charge in [-0.25, -0.2) is 4.98 Å². The van der Waals surface area contributed by atoms with Crippen LogP contribution in [0.2, 0.25) is 0 Å². The summed E-state index contributed by atoms with van der Waals surface area (Å²) in [5.41, 5.74) is 2.15. The normalized spacial score (nSPS) is 12.9. The summed E-state index contributed by atoms with van der Waals surface area (Å²) in [7, 11) is -4.34. The van der Waals surface area contributed by atoms with E-state index in [0.29, 0.717) is 5.69 Å². The van der Waals surface area contributed by atoms with Gasteiger partial charge in [0.25, 0.3) is 16.0 Å². The van der Waals surface area contributed by atoms with Crippen molar-refractivity contribution < 1.29 is 22.6 Å². The monoisotopic (exact) mass is 401 g/mol. The molecule has 0 spiro atoms. The smallest absolute Gasteiger partial charge is 0.294 e. The van der Waals surface area contributed by atoms with Gasteiger partial charge in [-0.15, -0.1) is 0 Å². The fourth-order valence-corrected chi connectivity index (χ4v) is 2.83. The third-order valence-electron chi connectivity index (χ3n) is 3.75. The maximum absolute atomic E-state index is 12.4. The average molecular weight is 401 g/mol. The van der Waals surface area contributed by atoms with Crippen molar-refractivity contribution in [3.05, 3.63) is 48.8 Å². The lowest BCUT2D eigenvalue weighted by molar-refractivity contribution is -0.126. The van der Waals surface area contributed by atoms with Crippen LogP contribution < -0.4 is 5.32 Å². The number of Topliss-reactive ketones (excluding diaryl/α,β-unsaturated/α-hetero) is 1. The van der Waals surface area contributed by atoms with Gasteiger partial charge in [0.05, 0.1) is 27.9 Å².